The zero-order chi connectivity index (χ0) is 18.7. The number of hydrogen-bond acceptors (Lipinski definition) is 6. The van der Waals surface area contributed by atoms with E-state index in [-0.39, 0.29) is 10.6 Å². The Balaban J connectivity index is 1.74. The fraction of sp³-hybridized carbons (Fsp3) is 0.294. The second-order valence-corrected chi connectivity index (χ2v) is 7.79. The number of benzene rings is 2. The van der Waals surface area contributed by atoms with Gasteiger partial charge >= 0.3 is 0 Å². The van der Waals surface area contributed by atoms with E-state index in [2.05, 4.69) is 4.90 Å². The molecule has 9 heteroatoms. The van der Waals surface area contributed by atoms with Gasteiger partial charge in [0, 0.05) is 50.1 Å². The molecule has 8 nitrogen and oxygen atoms in total. The number of rotatable bonds is 5. The predicted octanol–water partition coefficient (Wildman–Crippen LogP) is 2.11. The lowest BCUT2D eigenvalue weighted by Crippen LogP contribution is -2.48. The van der Waals surface area contributed by atoms with Crippen LogP contribution in [0.4, 0.5) is 11.4 Å². The highest BCUT2D eigenvalue weighted by Crippen LogP contribution is 2.25. The van der Waals surface area contributed by atoms with Crippen LogP contribution in [-0.4, -0.2) is 50.9 Å². The molecule has 0 aliphatic carbocycles. The second kappa shape index (κ2) is 7.30. The van der Waals surface area contributed by atoms with Crippen molar-refractivity contribution in [2.45, 2.75) is 4.90 Å². The van der Waals surface area contributed by atoms with E-state index in [1.54, 1.807) is 7.11 Å². The summed E-state index contributed by atoms with van der Waals surface area (Å²) in [5, 5.41) is 10.9. The van der Waals surface area contributed by atoms with E-state index < -0.39 is 14.9 Å². The van der Waals surface area contributed by atoms with Crippen molar-refractivity contribution in [2.75, 3.05) is 38.2 Å². The van der Waals surface area contributed by atoms with Crippen molar-refractivity contribution in [2.24, 2.45) is 0 Å². The van der Waals surface area contributed by atoms with Crippen LogP contribution in [-0.2, 0) is 10.0 Å². The molecule has 1 heterocycles. The Morgan fingerprint density at radius 2 is 1.73 bits per heavy atom. The third-order valence-corrected chi connectivity index (χ3v) is 6.22. The minimum absolute atomic E-state index is 0.0541. The third kappa shape index (κ3) is 3.63. The summed E-state index contributed by atoms with van der Waals surface area (Å²) in [5.41, 5.74) is 0.734. The summed E-state index contributed by atoms with van der Waals surface area (Å²) in [5.74, 6) is 0.745. The Kier molecular flexibility index (Phi) is 5.10. The number of sulfonamides is 1. The van der Waals surface area contributed by atoms with Crippen molar-refractivity contribution in [3.8, 4) is 5.75 Å². The Hall–Kier alpha value is -2.65. The number of piperazine rings is 1. The van der Waals surface area contributed by atoms with Gasteiger partial charge in [-0.15, -0.1) is 0 Å². The molecule has 1 aliphatic rings. The van der Waals surface area contributed by atoms with Crippen LogP contribution in [0.3, 0.4) is 0 Å². The van der Waals surface area contributed by atoms with Crippen LogP contribution in [0.2, 0.25) is 0 Å². The smallest absolute Gasteiger partial charge is 0.270 e. The van der Waals surface area contributed by atoms with Gasteiger partial charge in [0.05, 0.1) is 16.9 Å². The Morgan fingerprint density at radius 3 is 2.38 bits per heavy atom. The lowest BCUT2D eigenvalue weighted by molar-refractivity contribution is -0.385. The van der Waals surface area contributed by atoms with Crippen LogP contribution in [0, 0.1) is 10.1 Å². The van der Waals surface area contributed by atoms with Crippen LogP contribution < -0.4 is 9.64 Å². The van der Waals surface area contributed by atoms with Crippen molar-refractivity contribution in [1.82, 2.24) is 4.31 Å². The molecule has 2 aromatic carbocycles. The zero-order valence-electron chi connectivity index (χ0n) is 14.2. The fourth-order valence-electron chi connectivity index (χ4n) is 2.90. The largest absolute Gasteiger partial charge is 0.497 e. The summed E-state index contributed by atoms with van der Waals surface area (Å²) in [6.07, 6.45) is 0. The maximum absolute atomic E-state index is 12.8. The first-order valence-corrected chi connectivity index (χ1v) is 9.49. The number of hydrogen-bond donors (Lipinski definition) is 0. The molecule has 0 saturated carbocycles. The molecule has 2 aromatic rings. The van der Waals surface area contributed by atoms with Crippen LogP contribution in [0.5, 0.6) is 5.75 Å². The molecule has 0 aromatic heterocycles. The minimum atomic E-state index is -3.76. The quantitative estimate of drug-likeness (QED) is 0.585. The molecular weight excluding hydrogens is 358 g/mol. The molecule has 0 amide bonds. The number of nitro groups is 1. The highest BCUT2D eigenvalue weighted by Gasteiger charge is 2.29. The fourth-order valence-corrected chi connectivity index (χ4v) is 4.36. The van der Waals surface area contributed by atoms with Crippen molar-refractivity contribution in [3.63, 3.8) is 0 Å². The van der Waals surface area contributed by atoms with Crippen LogP contribution in [0.15, 0.2) is 53.4 Å². The van der Waals surface area contributed by atoms with E-state index in [0.717, 1.165) is 17.5 Å². The maximum atomic E-state index is 12.8. The van der Waals surface area contributed by atoms with Gasteiger partial charge in [-0.05, 0) is 18.2 Å². The molecule has 0 bridgehead atoms. The van der Waals surface area contributed by atoms with Crippen molar-refractivity contribution >= 4 is 21.4 Å². The van der Waals surface area contributed by atoms with Gasteiger partial charge in [-0.2, -0.15) is 4.31 Å². The monoisotopic (exact) mass is 377 g/mol. The van der Waals surface area contributed by atoms with E-state index in [4.69, 9.17) is 4.74 Å². The number of nitro benzene ring substituents is 1. The first-order chi connectivity index (χ1) is 12.4. The van der Waals surface area contributed by atoms with Crippen LogP contribution in [0.25, 0.3) is 0 Å². The maximum Gasteiger partial charge on any atom is 0.270 e. The molecule has 1 aliphatic heterocycles. The van der Waals surface area contributed by atoms with E-state index in [1.807, 2.05) is 24.3 Å². The summed E-state index contributed by atoms with van der Waals surface area (Å²) in [6, 6.07) is 12.8. The molecule has 0 N–H and O–H groups in total. The molecule has 0 radical (unpaired) electrons. The number of non-ortho nitro benzene ring substituents is 1. The lowest BCUT2D eigenvalue weighted by Gasteiger charge is -2.35. The Bertz CT molecular complexity index is 908. The average molecular weight is 377 g/mol. The highest BCUT2D eigenvalue weighted by molar-refractivity contribution is 7.89. The second-order valence-electron chi connectivity index (χ2n) is 5.85. The molecule has 1 fully saturated rings. The van der Waals surface area contributed by atoms with Gasteiger partial charge in [0.1, 0.15) is 5.75 Å². The minimum Gasteiger partial charge on any atom is -0.497 e. The van der Waals surface area contributed by atoms with Gasteiger partial charge < -0.3 is 9.64 Å². The Morgan fingerprint density at radius 1 is 1.04 bits per heavy atom. The molecule has 26 heavy (non-hydrogen) atoms. The number of nitrogens with zero attached hydrogens (tertiary/aromatic N) is 3. The first kappa shape index (κ1) is 18.2. The molecule has 1 saturated heterocycles. The number of anilines is 1. The summed E-state index contributed by atoms with van der Waals surface area (Å²) < 4.78 is 32.1. The first-order valence-electron chi connectivity index (χ1n) is 8.05. The summed E-state index contributed by atoms with van der Waals surface area (Å²) >= 11 is 0. The van der Waals surface area contributed by atoms with Crippen molar-refractivity contribution in [3.05, 3.63) is 58.6 Å². The van der Waals surface area contributed by atoms with E-state index in [0.29, 0.717) is 26.2 Å². The zero-order valence-corrected chi connectivity index (χ0v) is 15.1. The number of methoxy groups -OCH3 is 1. The van der Waals surface area contributed by atoms with Crippen molar-refractivity contribution < 1.29 is 18.1 Å². The SMILES string of the molecule is COc1cccc(N2CCN(S(=O)(=O)c3cccc([N+](=O)[O-])c3)CC2)c1. The summed E-state index contributed by atoms with van der Waals surface area (Å²) in [6.45, 7) is 1.67. The van der Waals surface area contributed by atoms with E-state index in [9.17, 15) is 18.5 Å². The van der Waals surface area contributed by atoms with Crippen molar-refractivity contribution in [1.29, 1.82) is 0 Å². The molecular formula is C17H19N3O5S. The predicted molar refractivity (Wildman–Crippen MR) is 97.1 cm³/mol. The average Bonchev–Trinajstić information content (AvgIpc) is 2.68. The van der Waals surface area contributed by atoms with Gasteiger partial charge in [0.15, 0.2) is 0 Å². The van der Waals surface area contributed by atoms with Crippen LogP contribution in [0.1, 0.15) is 0 Å². The normalized spacial score (nSPS) is 15.7. The van der Waals surface area contributed by atoms with Gasteiger partial charge in [0.25, 0.3) is 5.69 Å². The van der Waals surface area contributed by atoms with E-state index >= 15 is 0 Å². The molecule has 138 valence electrons. The highest BCUT2D eigenvalue weighted by atomic mass is 32.2. The topological polar surface area (TPSA) is 93.0 Å². The molecule has 3 rings (SSSR count). The van der Waals surface area contributed by atoms with Gasteiger partial charge in [-0.3, -0.25) is 10.1 Å². The van der Waals surface area contributed by atoms with Gasteiger partial charge in [-0.25, -0.2) is 8.42 Å². The van der Waals surface area contributed by atoms with Gasteiger partial charge in [-0.1, -0.05) is 12.1 Å². The third-order valence-electron chi connectivity index (χ3n) is 4.32. The summed E-state index contributed by atoms with van der Waals surface area (Å²) in [4.78, 5) is 12.3. The molecule has 0 spiro atoms. The lowest BCUT2D eigenvalue weighted by atomic mass is 10.2. The molecule has 0 unspecified atom stereocenters. The number of ether oxygens (including phenoxy) is 1. The van der Waals surface area contributed by atoms with Gasteiger partial charge in [0.2, 0.25) is 10.0 Å². The standard InChI is InChI=1S/C17H19N3O5S/c1-25-16-6-2-4-14(12-16)18-8-10-19(11-9-18)26(23,24)17-7-3-5-15(13-17)20(21)22/h2-7,12-13H,8-11H2,1H3. The molecule has 0 atom stereocenters. The van der Waals surface area contributed by atoms with E-state index in [1.165, 1.54) is 22.5 Å². The Labute approximate surface area is 151 Å². The van der Waals surface area contributed by atoms with Crippen LogP contribution >= 0.6 is 0 Å². The summed E-state index contributed by atoms with van der Waals surface area (Å²) in [7, 11) is -2.16.